The van der Waals surface area contributed by atoms with Crippen LogP contribution in [0.15, 0.2) is 139 Å². The first-order chi connectivity index (χ1) is 20.3. The molecule has 0 aromatic heterocycles. The number of rotatable bonds is 7. The quantitative estimate of drug-likeness (QED) is 0.158. The average molecular weight is 728 g/mol. The Morgan fingerprint density at radius 1 is 0.619 bits per heavy atom. The number of oxime groups is 1. The molecular formula is C32H23Cl3N2O4Sb-. The van der Waals surface area contributed by atoms with E-state index >= 15 is 0 Å². The van der Waals surface area contributed by atoms with Gasteiger partial charge in [0.05, 0.1) is 0 Å². The summed E-state index contributed by atoms with van der Waals surface area (Å²) in [5.41, 5.74) is 3.71. The van der Waals surface area contributed by atoms with E-state index in [0.717, 1.165) is 0 Å². The molecule has 212 valence electrons. The number of carbonyl (C=O) groups excluding carboxylic acids is 1. The van der Waals surface area contributed by atoms with Gasteiger partial charge in [0, 0.05) is 0 Å². The van der Waals surface area contributed by atoms with Crippen LogP contribution in [0.1, 0.15) is 15.9 Å². The minimum absolute atomic E-state index is 0.165. The van der Waals surface area contributed by atoms with Crippen molar-refractivity contribution in [1.29, 1.82) is 0 Å². The van der Waals surface area contributed by atoms with E-state index in [2.05, 4.69) is 10.6 Å². The summed E-state index contributed by atoms with van der Waals surface area (Å²) in [6.07, 6.45) is 0. The van der Waals surface area contributed by atoms with Crippen LogP contribution in [0.25, 0.3) is 0 Å². The number of nitrogens with one attached hydrogen (secondary N) is 1. The molecule has 0 radical (unpaired) electrons. The van der Waals surface area contributed by atoms with Gasteiger partial charge in [-0.15, -0.1) is 0 Å². The van der Waals surface area contributed by atoms with Crippen molar-refractivity contribution in [3.05, 3.63) is 160 Å². The van der Waals surface area contributed by atoms with Crippen LogP contribution in [-0.2, 0) is 9.25 Å². The van der Waals surface area contributed by atoms with E-state index in [-0.39, 0.29) is 5.90 Å². The Kier molecular flexibility index (Phi) is 7.25. The van der Waals surface area contributed by atoms with E-state index in [1.165, 1.54) is 0 Å². The molecule has 6 rings (SSSR count). The Morgan fingerprint density at radius 3 is 1.50 bits per heavy atom. The Labute approximate surface area is 257 Å². The van der Waals surface area contributed by atoms with Crippen molar-refractivity contribution >= 4 is 74.4 Å². The van der Waals surface area contributed by atoms with E-state index in [1.807, 2.05) is 36.4 Å². The van der Waals surface area contributed by atoms with Crippen LogP contribution in [0.3, 0.4) is 0 Å². The zero-order valence-corrected chi connectivity index (χ0v) is 26.7. The van der Waals surface area contributed by atoms with Gasteiger partial charge in [-0.05, 0) is 0 Å². The molecule has 0 bridgehead atoms. The summed E-state index contributed by atoms with van der Waals surface area (Å²) >= 11 is 12.1. The van der Waals surface area contributed by atoms with E-state index in [9.17, 15) is 4.79 Å². The number of amides is 1. The van der Waals surface area contributed by atoms with Crippen molar-refractivity contribution in [1.82, 2.24) is 5.48 Å². The van der Waals surface area contributed by atoms with E-state index in [1.54, 1.807) is 97.1 Å². The van der Waals surface area contributed by atoms with Crippen LogP contribution in [0.2, 0.25) is 15.1 Å². The molecule has 0 fully saturated rings. The number of hydroxylamine groups is 1. The van der Waals surface area contributed by atoms with E-state index in [0.29, 0.717) is 36.7 Å². The summed E-state index contributed by atoms with van der Waals surface area (Å²) in [6.45, 7) is 0. The molecule has 6 nitrogen and oxygen atoms in total. The number of hydrogen-bond donors (Lipinski definition) is 1. The first-order valence-corrected chi connectivity index (χ1v) is 20.9. The Morgan fingerprint density at radius 2 is 1.05 bits per heavy atom. The van der Waals surface area contributed by atoms with Crippen LogP contribution >= 0.6 is 34.8 Å². The molecule has 1 aliphatic heterocycles. The molecule has 0 unspecified atom stereocenters. The van der Waals surface area contributed by atoms with Crippen LogP contribution in [0, 0.1) is 0 Å². The maximum atomic E-state index is 13.6. The molecule has 1 N–H and O–H groups in total. The summed E-state index contributed by atoms with van der Waals surface area (Å²) in [6, 6.07) is 38.8. The molecule has 1 aliphatic rings. The van der Waals surface area contributed by atoms with Gasteiger partial charge in [0.2, 0.25) is 0 Å². The monoisotopic (exact) mass is 725 g/mol. The van der Waals surface area contributed by atoms with Crippen molar-refractivity contribution in [2.24, 2.45) is 5.16 Å². The predicted molar refractivity (Wildman–Crippen MR) is 169 cm³/mol. The van der Waals surface area contributed by atoms with Crippen molar-refractivity contribution in [3.63, 3.8) is 0 Å². The Bertz CT molecular complexity index is 1690. The van der Waals surface area contributed by atoms with Crippen LogP contribution in [0.4, 0.5) is 0 Å². The maximum absolute atomic E-state index is 13.6. The second-order valence-electron chi connectivity index (χ2n) is 9.63. The summed E-state index contributed by atoms with van der Waals surface area (Å²) < 4.78 is 22.4. The standard InChI is InChI=1S/C7H7NO2.C7H6NO2.3C6H4Cl.Sb/c2*9-7(8-10)6-4-2-1-3-5-6;3*7-6-4-2-1-3-5-6;/h1-5,10H,(H,8,9);1-5H,(H-,8,9,10);3*2-5H;/q;-1;;;;+2/p-2. The van der Waals surface area contributed by atoms with Crippen molar-refractivity contribution in [2.75, 3.05) is 0 Å². The number of halogens is 3. The molecule has 0 atom stereocenters. The molecule has 0 aliphatic carbocycles. The van der Waals surface area contributed by atoms with Gasteiger partial charge in [-0.25, -0.2) is 0 Å². The fraction of sp³-hybridized carbons (Fsp3) is 0. The zero-order chi connectivity index (χ0) is 29.3. The first kappa shape index (κ1) is 28.6. The molecule has 0 saturated heterocycles. The predicted octanol–water partition coefficient (Wildman–Crippen LogP) is 6.29. The summed E-state index contributed by atoms with van der Waals surface area (Å²) in [4.78, 5) is 13.6. The molecule has 5 aromatic rings. The van der Waals surface area contributed by atoms with Gasteiger partial charge in [0.15, 0.2) is 0 Å². The Hall–Kier alpha value is -3.51. The molecule has 1 amide bonds. The summed E-state index contributed by atoms with van der Waals surface area (Å²) in [7, 11) is 0. The molecule has 1 heterocycles. The number of carbonyl (C=O) groups is 1. The van der Waals surface area contributed by atoms with Gasteiger partial charge in [0.1, 0.15) is 0 Å². The van der Waals surface area contributed by atoms with Gasteiger partial charge < -0.3 is 0 Å². The van der Waals surface area contributed by atoms with Gasteiger partial charge in [-0.3, -0.25) is 0 Å². The van der Waals surface area contributed by atoms with Gasteiger partial charge in [0.25, 0.3) is 0 Å². The second-order valence-corrected chi connectivity index (χ2v) is 24.8. The Balaban J connectivity index is 1.72. The van der Waals surface area contributed by atoms with Crippen LogP contribution in [-0.4, -0.2) is 29.1 Å². The fourth-order valence-corrected chi connectivity index (χ4v) is 21.0. The van der Waals surface area contributed by atoms with Crippen molar-refractivity contribution < 1.29 is 14.0 Å². The summed E-state index contributed by atoms with van der Waals surface area (Å²) in [5, 5.41) is 5.99. The molecule has 0 spiro atoms. The topological polar surface area (TPSA) is 69.2 Å². The molecule has 10 heteroatoms. The SMILES string of the molecule is O=C(N[O][Sb-]1([c]2ccc(Cl)cc2)([c]2ccc(Cl)cc2)([c]2ccc(Cl)cc2)[O]N=C(c2ccccc2)[O]1)c1ccccc1. The first-order valence-electron chi connectivity index (χ1n) is 12.8. The van der Waals surface area contributed by atoms with Crippen molar-refractivity contribution in [2.45, 2.75) is 0 Å². The van der Waals surface area contributed by atoms with Gasteiger partial charge in [-0.2, -0.15) is 0 Å². The van der Waals surface area contributed by atoms with Gasteiger partial charge in [-0.1, -0.05) is 0 Å². The second kappa shape index (κ2) is 10.6. The third kappa shape index (κ3) is 4.29. The normalized spacial score (nSPS) is 17.6. The molecule has 0 saturated carbocycles. The third-order valence-corrected chi connectivity index (χ3v) is 24.8. The zero-order valence-electron chi connectivity index (χ0n) is 21.9. The van der Waals surface area contributed by atoms with Crippen LogP contribution < -0.4 is 16.0 Å². The third-order valence-electron chi connectivity index (χ3n) is 7.22. The molecule has 42 heavy (non-hydrogen) atoms. The fourth-order valence-electron chi connectivity index (χ4n) is 5.11. The van der Waals surface area contributed by atoms with Crippen LogP contribution in [0.5, 0.6) is 0 Å². The average Bonchev–Trinajstić information content (AvgIpc) is 3.42. The number of nitrogens with zero attached hydrogens (tertiary/aromatic N) is 1. The number of benzene rings is 5. The van der Waals surface area contributed by atoms with E-state index in [4.69, 9.17) is 44.1 Å². The van der Waals surface area contributed by atoms with Crippen molar-refractivity contribution in [3.8, 4) is 0 Å². The number of hydrogen-bond acceptors (Lipinski definition) is 5. The minimum atomic E-state index is -7.02. The van der Waals surface area contributed by atoms with E-state index < -0.39 is 23.2 Å². The molecule has 5 aromatic carbocycles. The molecular weight excluding hydrogens is 704 g/mol. The summed E-state index contributed by atoms with van der Waals surface area (Å²) in [5.74, 6) is -0.350. The van der Waals surface area contributed by atoms with Gasteiger partial charge >= 0.3 is 259 Å².